The number of carbonyl (C=O) groups is 1. The fraction of sp³-hybridized carbons (Fsp3) is 0.207. The summed E-state index contributed by atoms with van der Waals surface area (Å²) in [6, 6.07) is 12.9. The molecule has 2 aromatic carbocycles. The van der Waals surface area contributed by atoms with Crippen LogP contribution in [0.4, 0.5) is 0 Å². The molecule has 206 valence electrons. The van der Waals surface area contributed by atoms with Gasteiger partial charge in [-0.15, -0.1) is 0 Å². The van der Waals surface area contributed by atoms with E-state index < -0.39 is 12.0 Å². The van der Waals surface area contributed by atoms with E-state index in [9.17, 15) is 9.59 Å². The van der Waals surface area contributed by atoms with E-state index in [-0.39, 0.29) is 17.7 Å². The number of rotatable bonds is 7. The van der Waals surface area contributed by atoms with Crippen molar-refractivity contribution in [3.8, 4) is 22.8 Å². The summed E-state index contributed by atoms with van der Waals surface area (Å²) in [7, 11) is 3.06. The van der Waals surface area contributed by atoms with Gasteiger partial charge in [0.15, 0.2) is 4.80 Å². The summed E-state index contributed by atoms with van der Waals surface area (Å²) >= 11 is 13.7. The largest absolute Gasteiger partial charge is 0.497 e. The first kappa shape index (κ1) is 27.8. The molecule has 0 amide bonds. The standard InChI is InChI=1S/C29H24Cl2N2O6S/c1-5-38-28(35)25-15(2)32-29-33(26(25)20-13-17(36-3)7-10-22(20)37-4)27(34)24(40-29)14-18-8-11-23(39-18)19-12-16(30)6-9-21(19)31/h6-14,26H,5H2,1-4H3/b24-14-. The summed E-state index contributed by atoms with van der Waals surface area (Å²) in [5, 5.41) is 1.00. The molecule has 0 saturated carbocycles. The van der Waals surface area contributed by atoms with Gasteiger partial charge in [0.1, 0.15) is 29.1 Å². The third kappa shape index (κ3) is 5.08. The second-order valence-corrected chi connectivity index (χ2v) is 10.6. The van der Waals surface area contributed by atoms with Crippen molar-refractivity contribution in [1.82, 2.24) is 4.57 Å². The molecule has 0 N–H and O–H groups in total. The number of thiazole rings is 1. The van der Waals surface area contributed by atoms with Crippen LogP contribution in [0.2, 0.25) is 10.0 Å². The normalized spacial score (nSPS) is 15.1. The Bertz CT molecular complexity index is 1840. The molecule has 3 heterocycles. The van der Waals surface area contributed by atoms with Gasteiger partial charge in [-0.1, -0.05) is 34.5 Å². The maximum Gasteiger partial charge on any atom is 0.338 e. The van der Waals surface area contributed by atoms with Crippen molar-refractivity contribution in [1.29, 1.82) is 0 Å². The maximum atomic E-state index is 13.9. The Labute approximate surface area is 243 Å². The van der Waals surface area contributed by atoms with Gasteiger partial charge < -0.3 is 18.6 Å². The number of ether oxygens (including phenoxy) is 3. The zero-order chi connectivity index (χ0) is 28.6. The predicted octanol–water partition coefficient (Wildman–Crippen LogP) is 5.38. The number of esters is 1. The third-order valence-corrected chi connectivity index (χ3v) is 7.89. The maximum absolute atomic E-state index is 13.9. The van der Waals surface area contributed by atoms with Gasteiger partial charge in [-0.2, -0.15) is 0 Å². The molecule has 0 radical (unpaired) electrons. The molecule has 1 atom stereocenters. The van der Waals surface area contributed by atoms with E-state index in [0.717, 1.165) is 0 Å². The first-order valence-electron chi connectivity index (χ1n) is 12.2. The quantitative estimate of drug-likeness (QED) is 0.265. The van der Waals surface area contributed by atoms with Gasteiger partial charge in [0, 0.05) is 22.2 Å². The van der Waals surface area contributed by atoms with Crippen LogP contribution < -0.4 is 24.4 Å². The van der Waals surface area contributed by atoms with Crippen molar-refractivity contribution in [2.24, 2.45) is 4.99 Å². The lowest BCUT2D eigenvalue weighted by atomic mass is 9.95. The summed E-state index contributed by atoms with van der Waals surface area (Å²) in [5.41, 5.74) is 1.52. The summed E-state index contributed by atoms with van der Waals surface area (Å²) in [6.07, 6.45) is 1.63. The molecule has 0 fully saturated rings. The van der Waals surface area contributed by atoms with Gasteiger partial charge >= 0.3 is 5.97 Å². The number of furan rings is 1. The molecular weight excluding hydrogens is 575 g/mol. The zero-order valence-corrected chi connectivity index (χ0v) is 24.3. The molecule has 1 unspecified atom stereocenters. The van der Waals surface area contributed by atoms with Crippen LogP contribution in [0.25, 0.3) is 17.4 Å². The molecule has 2 aromatic heterocycles. The monoisotopic (exact) mass is 598 g/mol. The summed E-state index contributed by atoms with van der Waals surface area (Å²) in [6.45, 7) is 3.61. The van der Waals surface area contributed by atoms with E-state index in [4.69, 9.17) is 41.8 Å². The first-order chi connectivity index (χ1) is 19.2. The van der Waals surface area contributed by atoms with E-state index in [1.807, 2.05) is 0 Å². The molecule has 11 heteroatoms. The lowest BCUT2D eigenvalue weighted by molar-refractivity contribution is -0.139. The van der Waals surface area contributed by atoms with E-state index >= 15 is 0 Å². The Balaban J connectivity index is 1.69. The van der Waals surface area contributed by atoms with Gasteiger partial charge in [0.2, 0.25) is 0 Å². The van der Waals surface area contributed by atoms with Crippen LogP contribution in [0, 0.1) is 0 Å². The minimum Gasteiger partial charge on any atom is -0.497 e. The lowest BCUT2D eigenvalue weighted by Crippen LogP contribution is -2.40. The van der Waals surface area contributed by atoms with E-state index in [1.165, 1.54) is 23.0 Å². The van der Waals surface area contributed by atoms with Crippen molar-refractivity contribution < 1.29 is 23.4 Å². The highest BCUT2D eigenvalue weighted by molar-refractivity contribution is 7.07. The van der Waals surface area contributed by atoms with Gasteiger partial charge in [-0.25, -0.2) is 9.79 Å². The summed E-state index contributed by atoms with van der Waals surface area (Å²) in [5.74, 6) is 1.39. The number of halogens is 2. The fourth-order valence-corrected chi connectivity index (χ4v) is 5.94. The summed E-state index contributed by atoms with van der Waals surface area (Å²) in [4.78, 5) is 32.1. The Morgan fingerprint density at radius 3 is 2.65 bits per heavy atom. The van der Waals surface area contributed by atoms with Crippen LogP contribution in [0.15, 0.2) is 74.0 Å². The average molecular weight is 599 g/mol. The Kier molecular flexibility index (Phi) is 7.89. The van der Waals surface area contributed by atoms with E-state index in [2.05, 4.69) is 4.99 Å². The number of hydrogen-bond donors (Lipinski definition) is 0. The smallest absolute Gasteiger partial charge is 0.338 e. The fourth-order valence-electron chi connectivity index (χ4n) is 4.53. The molecule has 0 bridgehead atoms. The van der Waals surface area contributed by atoms with E-state index in [1.54, 1.807) is 75.6 Å². The number of benzene rings is 2. The zero-order valence-electron chi connectivity index (χ0n) is 22.0. The van der Waals surface area contributed by atoms with Crippen molar-refractivity contribution in [2.45, 2.75) is 19.9 Å². The first-order valence-corrected chi connectivity index (χ1v) is 13.8. The number of aromatic nitrogens is 1. The van der Waals surface area contributed by atoms with Crippen LogP contribution in [-0.4, -0.2) is 31.4 Å². The van der Waals surface area contributed by atoms with Crippen LogP contribution in [-0.2, 0) is 9.53 Å². The van der Waals surface area contributed by atoms with Crippen molar-refractivity contribution in [3.63, 3.8) is 0 Å². The SMILES string of the molecule is CCOC(=O)C1=C(C)N=c2s/c(=C\c3ccc(-c4cc(Cl)ccc4Cl)o3)c(=O)n2C1c1cc(OC)ccc1OC. The number of nitrogens with zero attached hydrogens (tertiary/aromatic N) is 2. The number of allylic oxidation sites excluding steroid dienone is 1. The molecule has 0 saturated heterocycles. The molecule has 1 aliphatic rings. The molecule has 1 aliphatic heterocycles. The molecule has 8 nitrogen and oxygen atoms in total. The minimum atomic E-state index is -0.861. The van der Waals surface area contributed by atoms with Crippen molar-refractivity contribution in [3.05, 3.63) is 101 Å². The van der Waals surface area contributed by atoms with E-state index in [0.29, 0.717) is 59.2 Å². The highest BCUT2D eigenvalue weighted by Gasteiger charge is 2.35. The molecule has 0 aliphatic carbocycles. The predicted molar refractivity (Wildman–Crippen MR) is 154 cm³/mol. The minimum absolute atomic E-state index is 0.166. The molecule has 5 rings (SSSR count). The topological polar surface area (TPSA) is 92.3 Å². The van der Waals surface area contributed by atoms with Gasteiger partial charge in [-0.3, -0.25) is 9.36 Å². The molecule has 40 heavy (non-hydrogen) atoms. The van der Waals surface area contributed by atoms with Crippen LogP contribution >= 0.6 is 34.5 Å². The number of fused-ring (bicyclic) bond motifs is 1. The number of methoxy groups -OCH3 is 2. The second kappa shape index (κ2) is 11.4. The van der Waals surface area contributed by atoms with Crippen LogP contribution in [0.1, 0.15) is 31.2 Å². The summed E-state index contributed by atoms with van der Waals surface area (Å²) < 4.78 is 24.3. The van der Waals surface area contributed by atoms with Crippen molar-refractivity contribution >= 4 is 46.6 Å². The second-order valence-electron chi connectivity index (χ2n) is 8.74. The Hall–Kier alpha value is -3.79. The highest BCUT2D eigenvalue weighted by atomic mass is 35.5. The highest BCUT2D eigenvalue weighted by Crippen LogP contribution is 2.38. The van der Waals surface area contributed by atoms with Crippen molar-refractivity contribution in [2.75, 3.05) is 20.8 Å². The van der Waals surface area contributed by atoms with Crippen LogP contribution in [0.3, 0.4) is 0 Å². The van der Waals surface area contributed by atoms with Gasteiger partial charge in [-0.05, 0) is 62.4 Å². The number of carbonyl (C=O) groups excluding carboxylic acids is 1. The Morgan fingerprint density at radius 1 is 1.12 bits per heavy atom. The molecule has 4 aromatic rings. The third-order valence-electron chi connectivity index (χ3n) is 6.34. The lowest BCUT2D eigenvalue weighted by Gasteiger charge is -2.26. The molecule has 0 spiro atoms. The Morgan fingerprint density at radius 2 is 1.93 bits per heavy atom. The van der Waals surface area contributed by atoms with Gasteiger partial charge in [0.25, 0.3) is 5.56 Å². The average Bonchev–Trinajstić information content (AvgIpc) is 3.53. The van der Waals surface area contributed by atoms with Crippen LogP contribution in [0.5, 0.6) is 11.5 Å². The van der Waals surface area contributed by atoms with Gasteiger partial charge in [0.05, 0.1) is 41.7 Å². The number of hydrogen-bond acceptors (Lipinski definition) is 8. The molecular formula is C29H24Cl2N2O6S.